The minimum Gasteiger partial charge on any atom is -0.374 e. The van der Waals surface area contributed by atoms with Gasteiger partial charge in [0.15, 0.2) is 0 Å². The molecule has 2 rings (SSSR count). The Bertz CT molecular complexity index is 226. The Kier molecular flexibility index (Phi) is 2.69. The summed E-state index contributed by atoms with van der Waals surface area (Å²) in [6.45, 7) is 8.06. The van der Waals surface area contributed by atoms with Crippen LogP contribution < -0.4 is 0 Å². The Labute approximate surface area is 90.2 Å². The molecule has 0 N–H and O–H groups in total. The van der Waals surface area contributed by atoms with E-state index in [9.17, 15) is 0 Å². The molecule has 1 nitrogen and oxygen atoms in total. The van der Waals surface area contributed by atoms with E-state index in [2.05, 4.69) is 30.0 Å². The molecule has 0 aliphatic heterocycles. The Morgan fingerprint density at radius 3 is 2.71 bits per heavy atom. The molecule has 82 valence electrons. The van der Waals surface area contributed by atoms with Crippen LogP contribution in [-0.2, 0) is 4.74 Å². The third kappa shape index (κ3) is 1.36. The molecule has 2 aliphatic rings. The Hall–Kier alpha value is 0.390. The molecule has 0 amide bonds. The van der Waals surface area contributed by atoms with Crippen molar-refractivity contribution in [3.8, 4) is 0 Å². The molecule has 0 heterocycles. The Morgan fingerprint density at radius 2 is 2.07 bits per heavy atom. The van der Waals surface area contributed by atoms with Gasteiger partial charge in [0.2, 0.25) is 0 Å². The third-order valence-corrected chi connectivity index (χ3v) is 4.75. The zero-order valence-electron chi connectivity index (χ0n) is 9.68. The van der Waals surface area contributed by atoms with Crippen LogP contribution in [0.15, 0.2) is 0 Å². The first kappa shape index (κ1) is 10.9. The number of fused-ring (bicyclic) bond motifs is 1. The monoisotopic (exact) mass is 214 g/mol. The van der Waals surface area contributed by atoms with Crippen molar-refractivity contribution in [2.24, 2.45) is 17.3 Å². The van der Waals surface area contributed by atoms with Crippen LogP contribution in [0.2, 0.25) is 0 Å². The highest BCUT2D eigenvalue weighted by Crippen LogP contribution is 2.70. The summed E-state index contributed by atoms with van der Waals surface area (Å²) < 4.78 is 6.16. The van der Waals surface area contributed by atoms with E-state index in [0.717, 1.165) is 24.6 Å². The number of ether oxygens (including phenoxy) is 1. The van der Waals surface area contributed by atoms with Crippen LogP contribution in [0.25, 0.3) is 0 Å². The molecule has 0 bridgehead atoms. The van der Waals surface area contributed by atoms with Crippen LogP contribution in [0.5, 0.6) is 0 Å². The molecule has 0 saturated heterocycles. The minimum absolute atomic E-state index is 0.251. The summed E-state index contributed by atoms with van der Waals surface area (Å²) in [6.07, 6.45) is 5.14. The van der Waals surface area contributed by atoms with Crippen LogP contribution in [0.4, 0.5) is 0 Å². The second kappa shape index (κ2) is 3.46. The fourth-order valence-corrected chi connectivity index (χ4v) is 3.70. The van der Waals surface area contributed by atoms with Crippen molar-refractivity contribution >= 4 is 9.24 Å². The van der Waals surface area contributed by atoms with Crippen molar-refractivity contribution in [1.29, 1.82) is 0 Å². The SMILES string of the molecule is CC1CCC2C(C)(C)C2(OCCP)C1. The molecule has 2 aliphatic carbocycles. The van der Waals surface area contributed by atoms with Gasteiger partial charge in [-0.3, -0.25) is 0 Å². The van der Waals surface area contributed by atoms with Crippen molar-refractivity contribution in [1.82, 2.24) is 0 Å². The lowest BCUT2D eigenvalue weighted by Crippen LogP contribution is -2.28. The first-order chi connectivity index (χ1) is 6.54. The fraction of sp³-hybridized carbons (Fsp3) is 1.00. The fourth-order valence-electron chi connectivity index (χ4n) is 3.58. The average Bonchev–Trinajstić information content (AvgIpc) is 2.60. The van der Waals surface area contributed by atoms with Gasteiger partial charge in [-0.25, -0.2) is 0 Å². The van der Waals surface area contributed by atoms with Crippen LogP contribution in [0, 0.1) is 17.3 Å². The van der Waals surface area contributed by atoms with Gasteiger partial charge in [-0.1, -0.05) is 27.2 Å². The molecule has 0 spiro atoms. The summed E-state index contributed by atoms with van der Waals surface area (Å²) in [5.74, 6) is 1.69. The number of hydrogen-bond donors (Lipinski definition) is 0. The summed E-state index contributed by atoms with van der Waals surface area (Å²) in [7, 11) is 2.75. The lowest BCUT2D eigenvalue weighted by Gasteiger charge is -2.28. The van der Waals surface area contributed by atoms with Crippen LogP contribution in [0.3, 0.4) is 0 Å². The minimum atomic E-state index is 0.251. The standard InChI is InChI=1S/C12H23OP/c1-9-4-5-10-11(2,3)12(10,8-9)13-6-7-14/h9-10H,4-8,14H2,1-3H3. The van der Waals surface area contributed by atoms with Gasteiger partial charge >= 0.3 is 0 Å². The van der Waals surface area contributed by atoms with Crippen LogP contribution in [0.1, 0.15) is 40.0 Å². The molecule has 2 saturated carbocycles. The zero-order chi connectivity index (χ0) is 10.4. The van der Waals surface area contributed by atoms with E-state index < -0.39 is 0 Å². The van der Waals surface area contributed by atoms with E-state index in [4.69, 9.17) is 4.74 Å². The van der Waals surface area contributed by atoms with E-state index in [1.54, 1.807) is 0 Å². The van der Waals surface area contributed by atoms with Crippen molar-refractivity contribution in [3.63, 3.8) is 0 Å². The highest BCUT2D eigenvalue weighted by Gasteiger charge is 2.72. The van der Waals surface area contributed by atoms with Gasteiger partial charge in [-0.05, 0) is 36.3 Å². The topological polar surface area (TPSA) is 9.23 Å². The maximum Gasteiger partial charge on any atom is 0.0773 e. The molecule has 0 aromatic rings. The molecular weight excluding hydrogens is 191 g/mol. The average molecular weight is 214 g/mol. The highest BCUT2D eigenvalue weighted by molar-refractivity contribution is 7.16. The summed E-state index contributed by atoms with van der Waals surface area (Å²) >= 11 is 0. The first-order valence-electron chi connectivity index (χ1n) is 5.88. The Balaban J connectivity index is 2.07. The summed E-state index contributed by atoms with van der Waals surface area (Å²) in [4.78, 5) is 0. The van der Waals surface area contributed by atoms with E-state index in [1.165, 1.54) is 19.3 Å². The molecule has 4 unspecified atom stereocenters. The smallest absolute Gasteiger partial charge is 0.0773 e. The summed E-state index contributed by atoms with van der Waals surface area (Å²) in [6, 6.07) is 0. The molecule has 0 aromatic heterocycles. The van der Waals surface area contributed by atoms with E-state index in [0.29, 0.717) is 5.41 Å². The van der Waals surface area contributed by atoms with Crippen molar-refractivity contribution < 1.29 is 4.74 Å². The normalized spacial score (nSPS) is 44.6. The maximum atomic E-state index is 6.16. The van der Waals surface area contributed by atoms with Crippen molar-refractivity contribution in [2.45, 2.75) is 45.6 Å². The quantitative estimate of drug-likeness (QED) is 0.656. The lowest BCUT2D eigenvalue weighted by atomic mass is 9.88. The molecule has 4 atom stereocenters. The lowest BCUT2D eigenvalue weighted by molar-refractivity contribution is -0.0171. The van der Waals surface area contributed by atoms with E-state index in [1.807, 2.05) is 0 Å². The van der Waals surface area contributed by atoms with Gasteiger partial charge in [0, 0.05) is 0 Å². The summed E-state index contributed by atoms with van der Waals surface area (Å²) in [5, 5.41) is 0. The van der Waals surface area contributed by atoms with Gasteiger partial charge in [-0.15, -0.1) is 9.24 Å². The van der Waals surface area contributed by atoms with Gasteiger partial charge in [0.25, 0.3) is 0 Å². The van der Waals surface area contributed by atoms with Crippen molar-refractivity contribution in [3.05, 3.63) is 0 Å². The zero-order valence-corrected chi connectivity index (χ0v) is 10.8. The predicted molar refractivity (Wildman–Crippen MR) is 63.5 cm³/mol. The third-order valence-electron chi connectivity index (χ3n) is 4.52. The largest absolute Gasteiger partial charge is 0.374 e. The second-order valence-corrected chi connectivity index (χ2v) is 6.26. The first-order valence-corrected chi connectivity index (χ1v) is 6.70. The maximum absolute atomic E-state index is 6.16. The molecular formula is C12H23OP. The van der Waals surface area contributed by atoms with E-state index >= 15 is 0 Å². The van der Waals surface area contributed by atoms with Gasteiger partial charge < -0.3 is 4.74 Å². The predicted octanol–water partition coefficient (Wildman–Crippen LogP) is 3.09. The second-order valence-electron chi connectivity index (χ2n) is 5.69. The molecule has 2 fully saturated rings. The number of hydrogen-bond acceptors (Lipinski definition) is 1. The molecule has 0 aromatic carbocycles. The number of rotatable bonds is 3. The van der Waals surface area contributed by atoms with Crippen molar-refractivity contribution in [2.75, 3.05) is 12.8 Å². The van der Waals surface area contributed by atoms with Gasteiger partial charge in [-0.2, -0.15) is 0 Å². The van der Waals surface area contributed by atoms with Crippen LogP contribution >= 0.6 is 9.24 Å². The van der Waals surface area contributed by atoms with Gasteiger partial charge in [0.1, 0.15) is 0 Å². The Morgan fingerprint density at radius 1 is 1.36 bits per heavy atom. The summed E-state index contributed by atoms with van der Waals surface area (Å²) in [5.41, 5.74) is 0.693. The molecule has 2 heteroatoms. The highest BCUT2D eigenvalue weighted by atomic mass is 31.0. The van der Waals surface area contributed by atoms with E-state index in [-0.39, 0.29) is 5.60 Å². The molecule has 14 heavy (non-hydrogen) atoms. The van der Waals surface area contributed by atoms with Crippen LogP contribution in [-0.4, -0.2) is 18.4 Å². The van der Waals surface area contributed by atoms with Gasteiger partial charge in [0.05, 0.1) is 12.2 Å². The molecule has 0 radical (unpaired) electrons.